The smallest absolute Gasteiger partial charge is 0.329 e. The molecule has 1 aliphatic rings. The number of nitrogens with zero attached hydrogens (tertiary/aromatic N) is 3. The fourth-order valence-electron chi connectivity index (χ4n) is 3.97. The summed E-state index contributed by atoms with van der Waals surface area (Å²) < 4.78 is 2.18. The Kier molecular flexibility index (Phi) is 6.52. The van der Waals surface area contributed by atoms with Crippen molar-refractivity contribution in [3.63, 3.8) is 0 Å². The molecule has 2 aromatic rings. The minimum absolute atomic E-state index is 0.496. The summed E-state index contributed by atoms with van der Waals surface area (Å²) in [5.41, 5.74) is 8.98. The Morgan fingerprint density at radius 2 is 1.69 bits per heavy atom. The molecule has 0 unspecified atom stereocenters. The highest BCUT2D eigenvalue weighted by atomic mass is 16.2. The molecule has 0 radical (unpaired) electrons. The summed E-state index contributed by atoms with van der Waals surface area (Å²) >= 11 is 0. The van der Waals surface area contributed by atoms with E-state index in [1.54, 1.807) is 11.1 Å². The predicted octanol–water partition coefficient (Wildman–Crippen LogP) is 3.56. The average Bonchev–Trinajstić information content (AvgIpc) is 2.87. The van der Waals surface area contributed by atoms with Crippen LogP contribution < -0.4 is 5.43 Å². The van der Waals surface area contributed by atoms with Crippen LogP contribution in [-0.4, -0.2) is 40.6 Å². The number of nitrogens with one attached hydrogen (secondary N) is 1. The highest BCUT2D eigenvalue weighted by Crippen LogP contribution is 2.23. The van der Waals surface area contributed by atoms with Gasteiger partial charge in [-0.05, 0) is 58.2 Å². The molecule has 1 aliphatic heterocycles. The molecule has 1 N–H and O–H groups in total. The second-order valence-corrected chi connectivity index (χ2v) is 7.86. The standard InChI is InChI=1S/C23H30N4O2/c1-16-9-10-21(17(2)13-16)27-18(3)14-20(19(27)4)15-24-25-22(28)23(29)26-11-7-5-6-8-12-26/h9-10,13-15H,5-8,11-12H2,1-4H3,(H,25,28)/b24-15+. The number of likely N-dealkylation sites (tertiary alicyclic amines) is 1. The quantitative estimate of drug-likeness (QED) is 0.491. The van der Waals surface area contributed by atoms with Crippen LogP contribution in [0, 0.1) is 27.7 Å². The van der Waals surface area contributed by atoms with Gasteiger partial charge >= 0.3 is 11.8 Å². The van der Waals surface area contributed by atoms with Gasteiger partial charge in [0.05, 0.1) is 6.21 Å². The first-order valence-corrected chi connectivity index (χ1v) is 10.3. The number of aromatic nitrogens is 1. The minimum atomic E-state index is -0.675. The van der Waals surface area contributed by atoms with Crippen molar-refractivity contribution in [2.45, 2.75) is 53.4 Å². The van der Waals surface area contributed by atoms with Crippen LogP contribution in [0.15, 0.2) is 29.4 Å². The average molecular weight is 395 g/mol. The molecule has 154 valence electrons. The van der Waals surface area contributed by atoms with E-state index in [0.29, 0.717) is 13.1 Å². The van der Waals surface area contributed by atoms with Crippen LogP contribution in [0.25, 0.3) is 5.69 Å². The molecule has 1 aromatic heterocycles. The van der Waals surface area contributed by atoms with Crippen LogP contribution in [-0.2, 0) is 9.59 Å². The molecule has 1 aromatic carbocycles. The first-order chi connectivity index (χ1) is 13.9. The van der Waals surface area contributed by atoms with Gasteiger partial charge in [-0.3, -0.25) is 9.59 Å². The van der Waals surface area contributed by atoms with Crippen molar-refractivity contribution in [2.24, 2.45) is 5.10 Å². The van der Waals surface area contributed by atoms with Crippen molar-refractivity contribution in [1.82, 2.24) is 14.9 Å². The molecule has 0 aliphatic carbocycles. The zero-order chi connectivity index (χ0) is 21.0. The van der Waals surface area contributed by atoms with Crippen LogP contribution >= 0.6 is 0 Å². The summed E-state index contributed by atoms with van der Waals surface area (Å²) in [4.78, 5) is 26.1. The summed E-state index contributed by atoms with van der Waals surface area (Å²) in [5.74, 6) is -1.17. The summed E-state index contributed by atoms with van der Waals surface area (Å²) in [5, 5.41) is 4.04. The fourth-order valence-corrected chi connectivity index (χ4v) is 3.97. The number of carbonyl (C=O) groups is 2. The van der Waals surface area contributed by atoms with Crippen molar-refractivity contribution in [1.29, 1.82) is 0 Å². The lowest BCUT2D eigenvalue weighted by Crippen LogP contribution is -2.41. The second kappa shape index (κ2) is 9.07. The Bertz CT molecular complexity index is 935. The molecule has 2 heterocycles. The minimum Gasteiger partial charge on any atom is -0.334 e. The van der Waals surface area contributed by atoms with E-state index in [0.717, 1.165) is 48.3 Å². The molecule has 0 bridgehead atoms. The maximum absolute atomic E-state index is 12.3. The van der Waals surface area contributed by atoms with Gasteiger partial charge < -0.3 is 9.47 Å². The first-order valence-electron chi connectivity index (χ1n) is 10.3. The van der Waals surface area contributed by atoms with E-state index in [1.165, 1.54) is 11.1 Å². The van der Waals surface area contributed by atoms with E-state index in [2.05, 4.69) is 47.1 Å². The summed E-state index contributed by atoms with van der Waals surface area (Å²) in [6, 6.07) is 8.41. The lowest BCUT2D eigenvalue weighted by Gasteiger charge is -2.18. The van der Waals surface area contributed by atoms with Gasteiger partial charge in [0.1, 0.15) is 0 Å². The molecule has 1 saturated heterocycles. The molecule has 29 heavy (non-hydrogen) atoms. The van der Waals surface area contributed by atoms with Gasteiger partial charge in [-0.25, -0.2) is 5.43 Å². The van der Waals surface area contributed by atoms with Gasteiger partial charge in [-0.2, -0.15) is 5.10 Å². The molecule has 0 saturated carbocycles. The highest BCUT2D eigenvalue weighted by molar-refractivity contribution is 6.35. The van der Waals surface area contributed by atoms with E-state index in [9.17, 15) is 9.59 Å². The van der Waals surface area contributed by atoms with Gasteiger partial charge in [0, 0.05) is 35.7 Å². The van der Waals surface area contributed by atoms with E-state index in [4.69, 9.17) is 0 Å². The number of rotatable bonds is 3. The first kappa shape index (κ1) is 20.8. The Morgan fingerprint density at radius 3 is 2.34 bits per heavy atom. The van der Waals surface area contributed by atoms with Crippen LogP contribution in [0.2, 0.25) is 0 Å². The molecule has 1 fully saturated rings. The lowest BCUT2D eigenvalue weighted by molar-refractivity contribution is -0.145. The third kappa shape index (κ3) is 4.75. The number of carbonyl (C=O) groups excluding carboxylic acids is 2. The van der Waals surface area contributed by atoms with Crippen LogP contribution in [0.1, 0.15) is 53.8 Å². The van der Waals surface area contributed by atoms with Crippen molar-refractivity contribution < 1.29 is 9.59 Å². The van der Waals surface area contributed by atoms with E-state index in [-0.39, 0.29) is 0 Å². The van der Waals surface area contributed by atoms with E-state index < -0.39 is 11.8 Å². The number of aryl methyl sites for hydroxylation is 3. The largest absolute Gasteiger partial charge is 0.334 e. The van der Waals surface area contributed by atoms with Crippen molar-refractivity contribution in [3.8, 4) is 5.69 Å². The Labute approximate surface area is 172 Å². The van der Waals surface area contributed by atoms with Gasteiger partial charge in [-0.1, -0.05) is 30.5 Å². The molecule has 2 amide bonds. The molecule has 0 atom stereocenters. The topological polar surface area (TPSA) is 66.7 Å². The molecule has 6 heteroatoms. The summed E-state index contributed by atoms with van der Waals surface area (Å²) in [6.07, 6.45) is 5.73. The maximum Gasteiger partial charge on any atom is 0.329 e. The zero-order valence-corrected chi connectivity index (χ0v) is 17.8. The third-order valence-electron chi connectivity index (χ3n) is 5.52. The van der Waals surface area contributed by atoms with Crippen molar-refractivity contribution in [3.05, 3.63) is 52.3 Å². The number of hydrogen-bond acceptors (Lipinski definition) is 3. The SMILES string of the molecule is Cc1ccc(-n2c(C)cc(/C=N/NC(=O)C(=O)N3CCCCCC3)c2C)c(C)c1. The zero-order valence-electron chi connectivity index (χ0n) is 17.8. The summed E-state index contributed by atoms with van der Waals surface area (Å²) in [7, 11) is 0. The lowest BCUT2D eigenvalue weighted by atomic mass is 10.1. The van der Waals surface area contributed by atoms with Crippen molar-refractivity contribution >= 4 is 18.0 Å². The highest BCUT2D eigenvalue weighted by Gasteiger charge is 2.22. The van der Waals surface area contributed by atoms with Gasteiger partial charge in [0.15, 0.2) is 0 Å². The number of hydrazone groups is 1. The molecular formula is C23H30N4O2. The maximum atomic E-state index is 12.3. The van der Waals surface area contributed by atoms with Crippen molar-refractivity contribution in [2.75, 3.05) is 13.1 Å². The van der Waals surface area contributed by atoms with Crippen LogP contribution in [0.4, 0.5) is 0 Å². The predicted molar refractivity (Wildman–Crippen MR) is 116 cm³/mol. The molecular weight excluding hydrogens is 364 g/mol. The monoisotopic (exact) mass is 394 g/mol. The van der Waals surface area contributed by atoms with Crippen LogP contribution in [0.5, 0.6) is 0 Å². The van der Waals surface area contributed by atoms with E-state index >= 15 is 0 Å². The fraction of sp³-hybridized carbons (Fsp3) is 0.435. The normalized spacial score (nSPS) is 14.8. The van der Waals surface area contributed by atoms with E-state index in [1.807, 2.05) is 19.9 Å². The van der Waals surface area contributed by atoms with Crippen LogP contribution in [0.3, 0.4) is 0 Å². The van der Waals surface area contributed by atoms with Gasteiger partial charge in [-0.15, -0.1) is 0 Å². The third-order valence-corrected chi connectivity index (χ3v) is 5.52. The Morgan fingerprint density at radius 1 is 1.00 bits per heavy atom. The number of amides is 2. The number of hydrogen-bond donors (Lipinski definition) is 1. The second-order valence-electron chi connectivity index (χ2n) is 7.86. The Balaban J connectivity index is 1.71. The Hall–Kier alpha value is -2.89. The van der Waals surface area contributed by atoms with Gasteiger partial charge in [0.25, 0.3) is 0 Å². The molecule has 0 spiro atoms. The summed E-state index contributed by atoms with van der Waals surface area (Å²) in [6.45, 7) is 9.55. The number of benzene rings is 1. The molecule has 6 nitrogen and oxygen atoms in total. The molecule has 3 rings (SSSR count). The van der Waals surface area contributed by atoms with Gasteiger partial charge in [0.2, 0.25) is 0 Å².